The normalized spacial score (nSPS) is 12.3. The summed E-state index contributed by atoms with van der Waals surface area (Å²) in [6.07, 6.45) is 0.394. The Morgan fingerprint density at radius 1 is 1.20 bits per heavy atom. The minimum atomic E-state index is -1.01. The number of oxime groups is 1. The number of carbonyl (C=O) groups is 3. The molecule has 1 N–H and O–H groups in total. The highest BCUT2D eigenvalue weighted by atomic mass is 16.7. The Bertz CT molecular complexity index is 622. The van der Waals surface area contributed by atoms with Crippen LogP contribution in [0.5, 0.6) is 0 Å². The van der Waals surface area contributed by atoms with E-state index < -0.39 is 29.7 Å². The lowest BCUT2D eigenvalue weighted by Crippen LogP contribution is -2.44. The van der Waals surface area contributed by atoms with E-state index in [4.69, 9.17) is 9.57 Å². The molecule has 0 unspecified atom stereocenters. The van der Waals surface area contributed by atoms with E-state index in [0.29, 0.717) is 5.56 Å². The first-order chi connectivity index (χ1) is 11.7. The highest BCUT2D eigenvalue weighted by Crippen LogP contribution is 2.07. The van der Waals surface area contributed by atoms with Gasteiger partial charge in [0.25, 0.3) is 0 Å². The van der Waals surface area contributed by atoms with Crippen LogP contribution in [0, 0.1) is 0 Å². The molecule has 25 heavy (non-hydrogen) atoms. The summed E-state index contributed by atoms with van der Waals surface area (Å²) in [5, 5.41) is 5.89. The molecule has 1 atom stereocenters. The smallest absolute Gasteiger partial charge is 0.408 e. The van der Waals surface area contributed by atoms with Gasteiger partial charge in [-0.1, -0.05) is 23.4 Å². The number of hydrogen-bond donors (Lipinski definition) is 1. The third-order valence-corrected chi connectivity index (χ3v) is 2.74. The van der Waals surface area contributed by atoms with E-state index in [2.05, 4.69) is 15.2 Å². The molecule has 1 rings (SSSR count). The average Bonchev–Trinajstić information content (AvgIpc) is 2.55. The molecule has 0 saturated carbocycles. The number of benzene rings is 1. The number of amides is 1. The molecule has 1 amide bonds. The van der Waals surface area contributed by atoms with Crippen LogP contribution in [-0.4, -0.2) is 43.0 Å². The van der Waals surface area contributed by atoms with E-state index in [1.54, 1.807) is 51.1 Å². The van der Waals surface area contributed by atoms with Crippen LogP contribution in [0.4, 0.5) is 4.79 Å². The molecular formula is C17H22N2O6. The van der Waals surface area contributed by atoms with Crippen molar-refractivity contribution in [3.63, 3.8) is 0 Å². The lowest BCUT2D eigenvalue weighted by Gasteiger charge is -2.21. The highest BCUT2D eigenvalue weighted by Gasteiger charge is 2.24. The van der Waals surface area contributed by atoms with Crippen molar-refractivity contribution in [1.29, 1.82) is 0 Å². The molecular weight excluding hydrogens is 328 g/mol. The largest absolute Gasteiger partial charge is 0.467 e. The topological polar surface area (TPSA) is 103 Å². The number of carbonyl (C=O) groups excluding carboxylic acids is 3. The molecule has 0 aliphatic heterocycles. The molecule has 0 spiro atoms. The number of ether oxygens (including phenoxy) is 2. The van der Waals surface area contributed by atoms with Crippen LogP contribution in [0.1, 0.15) is 37.6 Å². The van der Waals surface area contributed by atoms with Gasteiger partial charge in [0.15, 0.2) is 0 Å². The van der Waals surface area contributed by atoms with Gasteiger partial charge in [0, 0.05) is 12.6 Å². The summed E-state index contributed by atoms with van der Waals surface area (Å²) in [5.74, 6) is -1.31. The molecule has 8 nitrogen and oxygen atoms in total. The molecule has 0 aliphatic carbocycles. The van der Waals surface area contributed by atoms with Gasteiger partial charge in [-0.25, -0.2) is 14.4 Å². The number of nitrogens with one attached hydrogen (secondary N) is 1. The van der Waals surface area contributed by atoms with E-state index in [1.165, 1.54) is 13.3 Å². The minimum Gasteiger partial charge on any atom is -0.467 e. The van der Waals surface area contributed by atoms with Crippen molar-refractivity contribution >= 4 is 24.2 Å². The second-order valence-electron chi connectivity index (χ2n) is 5.99. The van der Waals surface area contributed by atoms with E-state index in [0.717, 1.165) is 0 Å². The molecule has 0 saturated heterocycles. The number of nitrogens with zero attached hydrogens (tertiary/aromatic N) is 1. The van der Waals surface area contributed by atoms with Crippen molar-refractivity contribution in [2.24, 2.45) is 5.16 Å². The summed E-state index contributed by atoms with van der Waals surface area (Å²) in [6, 6.07) is 7.30. The fourth-order valence-corrected chi connectivity index (χ4v) is 1.67. The molecule has 0 heterocycles. The standard InChI is InChI=1S/C17H22N2O6/c1-17(2,3)24-16(22)19-13(15(21)23-4)10-11-18-25-14(20)12-8-6-5-7-9-12/h5-9,11,13H,10H2,1-4H3,(H,19,22)/t13-/m1/s1. The first-order valence-electron chi connectivity index (χ1n) is 7.58. The number of rotatable bonds is 6. The lowest BCUT2D eigenvalue weighted by molar-refractivity contribution is -0.142. The molecule has 8 heteroatoms. The van der Waals surface area contributed by atoms with Gasteiger partial charge in [-0.15, -0.1) is 0 Å². The summed E-state index contributed by atoms with van der Waals surface area (Å²) in [4.78, 5) is 39.9. The maximum absolute atomic E-state index is 11.7. The van der Waals surface area contributed by atoms with Crippen LogP contribution in [0.3, 0.4) is 0 Å². The molecule has 1 aromatic carbocycles. The van der Waals surface area contributed by atoms with Gasteiger partial charge in [0.05, 0.1) is 12.7 Å². The average molecular weight is 350 g/mol. The number of hydrogen-bond acceptors (Lipinski definition) is 7. The van der Waals surface area contributed by atoms with E-state index >= 15 is 0 Å². The van der Waals surface area contributed by atoms with Crippen molar-refractivity contribution < 1.29 is 28.7 Å². The van der Waals surface area contributed by atoms with Crippen LogP contribution in [0.25, 0.3) is 0 Å². The zero-order valence-corrected chi connectivity index (χ0v) is 14.6. The SMILES string of the molecule is COC(=O)[C@@H](CC=NOC(=O)c1ccccc1)NC(=O)OC(C)(C)C. The van der Waals surface area contributed by atoms with Crippen molar-refractivity contribution in [2.75, 3.05) is 7.11 Å². The van der Waals surface area contributed by atoms with E-state index in [9.17, 15) is 14.4 Å². The zero-order chi connectivity index (χ0) is 18.9. The Hall–Kier alpha value is -2.90. The quantitative estimate of drug-likeness (QED) is 0.365. The monoisotopic (exact) mass is 350 g/mol. The van der Waals surface area contributed by atoms with Crippen molar-refractivity contribution in [2.45, 2.75) is 38.8 Å². The summed E-state index contributed by atoms with van der Waals surface area (Å²) < 4.78 is 9.69. The van der Waals surface area contributed by atoms with Gasteiger partial charge in [-0.2, -0.15) is 0 Å². The molecule has 0 aromatic heterocycles. The Kier molecular flexibility index (Phi) is 7.58. The Balaban J connectivity index is 2.56. The molecule has 0 fully saturated rings. The first kappa shape index (κ1) is 20.1. The van der Waals surface area contributed by atoms with E-state index in [1.807, 2.05) is 0 Å². The summed E-state index contributed by atoms with van der Waals surface area (Å²) in [6.45, 7) is 5.10. The summed E-state index contributed by atoms with van der Waals surface area (Å²) >= 11 is 0. The molecule has 1 aromatic rings. The summed E-state index contributed by atoms with van der Waals surface area (Å²) in [7, 11) is 1.19. The van der Waals surface area contributed by atoms with Crippen LogP contribution in [0.2, 0.25) is 0 Å². The highest BCUT2D eigenvalue weighted by molar-refractivity contribution is 5.89. The van der Waals surface area contributed by atoms with Gasteiger partial charge >= 0.3 is 18.0 Å². The Morgan fingerprint density at radius 3 is 2.40 bits per heavy atom. The fraction of sp³-hybridized carbons (Fsp3) is 0.412. The third-order valence-electron chi connectivity index (χ3n) is 2.74. The van der Waals surface area contributed by atoms with Crippen molar-refractivity contribution in [3.05, 3.63) is 35.9 Å². The molecule has 0 aliphatic rings. The maximum Gasteiger partial charge on any atom is 0.408 e. The van der Waals surface area contributed by atoms with Gasteiger partial charge < -0.3 is 19.6 Å². The van der Waals surface area contributed by atoms with Crippen LogP contribution >= 0.6 is 0 Å². The van der Waals surface area contributed by atoms with Gasteiger partial charge in [-0.3, -0.25) is 0 Å². The van der Waals surface area contributed by atoms with Crippen molar-refractivity contribution in [3.8, 4) is 0 Å². The Labute approximate surface area is 146 Å². The van der Waals surface area contributed by atoms with Crippen LogP contribution in [-0.2, 0) is 19.1 Å². The third kappa shape index (κ3) is 7.96. The first-order valence-corrected chi connectivity index (χ1v) is 7.58. The predicted molar refractivity (Wildman–Crippen MR) is 90.1 cm³/mol. The minimum absolute atomic E-state index is 0.0337. The van der Waals surface area contributed by atoms with E-state index in [-0.39, 0.29) is 6.42 Å². The number of alkyl carbamates (subject to hydrolysis) is 1. The zero-order valence-electron chi connectivity index (χ0n) is 14.6. The maximum atomic E-state index is 11.7. The molecule has 0 radical (unpaired) electrons. The van der Waals surface area contributed by atoms with Crippen molar-refractivity contribution in [1.82, 2.24) is 5.32 Å². The fourth-order valence-electron chi connectivity index (χ4n) is 1.67. The van der Waals surface area contributed by atoms with Gasteiger partial charge in [0.1, 0.15) is 11.6 Å². The number of esters is 1. The molecule has 136 valence electrons. The van der Waals surface area contributed by atoms with Gasteiger partial charge in [0.2, 0.25) is 0 Å². The Morgan fingerprint density at radius 2 is 1.84 bits per heavy atom. The second kappa shape index (κ2) is 9.41. The number of methoxy groups -OCH3 is 1. The summed E-state index contributed by atoms with van der Waals surface area (Å²) in [5.41, 5.74) is -0.361. The second-order valence-corrected chi connectivity index (χ2v) is 5.99. The van der Waals surface area contributed by atoms with Crippen LogP contribution < -0.4 is 5.32 Å². The van der Waals surface area contributed by atoms with Crippen LogP contribution in [0.15, 0.2) is 35.5 Å². The predicted octanol–water partition coefficient (Wildman–Crippen LogP) is 2.29. The molecule has 0 bridgehead atoms. The van der Waals surface area contributed by atoms with Gasteiger partial charge in [-0.05, 0) is 32.9 Å². The lowest BCUT2D eigenvalue weighted by atomic mass is 10.2.